The molecule has 102 valence electrons. The van der Waals surface area contributed by atoms with Crippen LogP contribution in [-0.4, -0.2) is 20.1 Å². The number of aliphatic imine (C=N–C) groups is 1. The third-order valence-electron chi connectivity index (χ3n) is 3.62. The fraction of sp³-hybridized carbons (Fsp3) is 0.462. The van der Waals surface area contributed by atoms with Crippen molar-refractivity contribution in [3.05, 3.63) is 29.3 Å². The summed E-state index contributed by atoms with van der Waals surface area (Å²) in [5.74, 6) is 0.393. The Morgan fingerprint density at radius 1 is 1.47 bits per heavy atom. The van der Waals surface area contributed by atoms with Crippen molar-refractivity contribution >= 4 is 21.7 Å². The molecule has 1 aromatic rings. The molecule has 1 aliphatic heterocycles. The summed E-state index contributed by atoms with van der Waals surface area (Å²) in [6.07, 6.45) is 3.15. The van der Waals surface area contributed by atoms with Crippen LogP contribution in [0.25, 0.3) is 0 Å². The van der Waals surface area contributed by atoms with Gasteiger partial charge in [-0.1, -0.05) is 12.1 Å². The van der Waals surface area contributed by atoms with Crippen LogP contribution in [0.1, 0.15) is 36.9 Å². The molecule has 0 amide bonds. The molecule has 1 atom stereocenters. The smallest absolute Gasteiger partial charge is 0.234 e. The fourth-order valence-electron chi connectivity index (χ4n) is 2.68. The second kappa shape index (κ2) is 4.52. The van der Waals surface area contributed by atoms with E-state index in [9.17, 15) is 8.42 Å². The second-order valence-electron chi connectivity index (χ2n) is 4.89. The third-order valence-corrected chi connectivity index (χ3v) is 4.89. The lowest BCUT2D eigenvalue weighted by Gasteiger charge is -2.30. The van der Waals surface area contributed by atoms with E-state index in [0.29, 0.717) is 5.96 Å². The van der Waals surface area contributed by atoms with Gasteiger partial charge in [-0.25, -0.2) is 13.4 Å². The van der Waals surface area contributed by atoms with E-state index >= 15 is 0 Å². The fourth-order valence-corrected chi connectivity index (χ4v) is 3.22. The minimum Gasteiger partial charge on any atom is -0.325 e. The van der Waals surface area contributed by atoms with E-state index in [4.69, 9.17) is 0 Å². The van der Waals surface area contributed by atoms with Gasteiger partial charge in [0.2, 0.25) is 16.0 Å². The summed E-state index contributed by atoms with van der Waals surface area (Å²) >= 11 is 0. The second-order valence-corrected chi connectivity index (χ2v) is 6.91. The Kier molecular flexibility index (Phi) is 2.97. The summed E-state index contributed by atoms with van der Waals surface area (Å²) in [5.41, 5.74) is 3.53. The molecule has 1 aliphatic carbocycles. The summed E-state index contributed by atoms with van der Waals surface area (Å²) in [7, 11) is -3.29. The van der Waals surface area contributed by atoms with Crippen LogP contribution >= 0.6 is 0 Å². The average molecular weight is 279 g/mol. The first-order valence-corrected chi connectivity index (χ1v) is 8.21. The van der Waals surface area contributed by atoms with Crippen LogP contribution in [-0.2, 0) is 16.4 Å². The maximum absolute atomic E-state index is 11.6. The molecule has 0 saturated heterocycles. The maximum atomic E-state index is 11.6. The lowest BCUT2D eigenvalue weighted by molar-refractivity contribution is 0.567. The Hall–Kier alpha value is -1.56. The highest BCUT2D eigenvalue weighted by molar-refractivity contribution is 7.90. The lowest BCUT2D eigenvalue weighted by atomic mass is 9.86. The SMILES string of the molecule is CCS(=O)(=O)NC1=NC2CCCc3cccc(c32)N1. The van der Waals surface area contributed by atoms with Gasteiger partial charge in [0.1, 0.15) is 0 Å². The first kappa shape index (κ1) is 12.5. The predicted molar refractivity (Wildman–Crippen MR) is 75.8 cm³/mol. The molecule has 1 unspecified atom stereocenters. The van der Waals surface area contributed by atoms with Crippen molar-refractivity contribution in [2.24, 2.45) is 4.99 Å². The molecule has 19 heavy (non-hydrogen) atoms. The van der Waals surface area contributed by atoms with E-state index in [-0.39, 0.29) is 11.8 Å². The van der Waals surface area contributed by atoms with E-state index < -0.39 is 10.0 Å². The van der Waals surface area contributed by atoms with Gasteiger partial charge in [-0.05, 0) is 37.8 Å². The average Bonchev–Trinajstić information content (AvgIpc) is 2.39. The molecule has 0 radical (unpaired) electrons. The number of aryl methyl sites for hydroxylation is 1. The Morgan fingerprint density at radius 3 is 3.11 bits per heavy atom. The van der Waals surface area contributed by atoms with E-state index in [1.807, 2.05) is 12.1 Å². The van der Waals surface area contributed by atoms with Crippen molar-refractivity contribution in [2.75, 3.05) is 11.1 Å². The number of benzene rings is 1. The monoisotopic (exact) mass is 279 g/mol. The Balaban J connectivity index is 1.96. The largest absolute Gasteiger partial charge is 0.325 e. The molecule has 1 heterocycles. The summed E-state index contributed by atoms with van der Waals surface area (Å²) in [6, 6.07) is 6.19. The summed E-state index contributed by atoms with van der Waals surface area (Å²) in [4.78, 5) is 4.50. The molecule has 5 nitrogen and oxygen atoms in total. The Labute approximate surface area is 113 Å². The molecule has 0 fully saturated rings. The van der Waals surface area contributed by atoms with Gasteiger partial charge < -0.3 is 5.32 Å². The maximum Gasteiger partial charge on any atom is 0.234 e. The van der Waals surface area contributed by atoms with Crippen molar-refractivity contribution in [3.8, 4) is 0 Å². The molecule has 3 rings (SSSR count). The molecule has 2 aliphatic rings. The van der Waals surface area contributed by atoms with Crippen LogP contribution in [0.5, 0.6) is 0 Å². The zero-order chi connectivity index (χ0) is 13.5. The van der Waals surface area contributed by atoms with Crippen molar-refractivity contribution in [1.29, 1.82) is 0 Å². The normalized spacial score (nSPS) is 21.1. The van der Waals surface area contributed by atoms with Gasteiger partial charge >= 0.3 is 0 Å². The molecule has 6 heteroatoms. The van der Waals surface area contributed by atoms with Gasteiger partial charge in [-0.15, -0.1) is 0 Å². The summed E-state index contributed by atoms with van der Waals surface area (Å²) in [5, 5.41) is 3.09. The van der Waals surface area contributed by atoms with Crippen molar-refractivity contribution < 1.29 is 8.42 Å². The Bertz CT molecular complexity index is 637. The number of hydrogen-bond acceptors (Lipinski definition) is 4. The number of nitrogens with zero attached hydrogens (tertiary/aromatic N) is 1. The van der Waals surface area contributed by atoms with Gasteiger partial charge in [0.15, 0.2) is 0 Å². The topological polar surface area (TPSA) is 70.6 Å². The first-order chi connectivity index (χ1) is 9.09. The van der Waals surface area contributed by atoms with Gasteiger partial charge in [0, 0.05) is 11.3 Å². The zero-order valence-corrected chi connectivity index (χ0v) is 11.6. The number of guanidine groups is 1. The highest BCUT2D eigenvalue weighted by Crippen LogP contribution is 2.39. The van der Waals surface area contributed by atoms with Gasteiger partial charge in [-0.2, -0.15) is 0 Å². The van der Waals surface area contributed by atoms with Crippen LogP contribution in [0, 0.1) is 0 Å². The van der Waals surface area contributed by atoms with Gasteiger partial charge in [0.05, 0.1) is 11.8 Å². The minimum absolute atomic E-state index is 0.0469. The molecule has 1 aromatic carbocycles. The number of anilines is 1. The van der Waals surface area contributed by atoms with E-state index in [2.05, 4.69) is 21.1 Å². The predicted octanol–water partition coefficient (Wildman–Crippen LogP) is 1.78. The summed E-state index contributed by atoms with van der Waals surface area (Å²) in [6.45, 7) is 1.61. The third kappa shape index (κ3) is 2.32. The minimum atomic E-state index is -3.29. The lowest BCUT2D eigenvalue weighted by Crippen LogP contribution is -2.39. The molecule has 0 spiro atoms. The highest BCUT2D eigenvalue weighted by atomic mass is 32.2. The zero-order valence-electron chi connectivity index (χ0n) is 10.8. The van der Waals surface area contributed by atoms with Crippen molar-refractivity contribution in [3.63, 3.8) is 0 Å². The quantitative estimate of drug-likeness (QED) is 0.867. The van der Waals surface area contributed by atoms with Crippen molar-refractivity contribution in [1.82, 2.24) is 4.72 Å². The molecular weight excluding hydrogens is 262 g/mol. The van der Waals surface area contributed by atoms with Gasteiger partial charge in [0.25, 0.3) is 0 Å². The highest BCUT2D eigenvalue weighted by Gasteiger charge is 2.28. The molecular formula is C13H17N3O2S. The number of hydrogen-bond donors (Lipinski definition) is 2. The van der Waals surface area contributed by atoms with Crippen LogP contribution in [0.4, 0.5) is 5.69 Å². The number of sulfonamides is 1. The number of rotatable bonds is 2. The van der Waals surface area contributed by atoms with Crippen LogP contribution in [0.15, 0.2) is 23.2 Å². The van der Waals surface area contributed by atoms with E-state index in [1.54, 1.807) is 6.92 Å². The van der Waals surface area contributed by atoms with Gasteiger partial charge in [-0.3, -0.25) is 4.72 Å². The van der Waals surface area contributed by atoms with E-state index in [1.165, 1.54) is 11.1 Å². The van der Waals surface area contributed by atoms with Crippen molar-refractivity contribution in [2.45, 2.75) is 32.2 Å². The standard InChI is InChI=1S/C13H17N3O2S/c1-2-19(17,18)16-13-14-10-7-3-5-9-6-4-8-11(15-13)12(9)10/h3,5,7,11H,2,4,6,8H2,1H3,(H2,14,15,16). The van der Waals surface area contributed by atoms with Crippen LogP contribution < -0.4 is 10.0 Å². The number of nitrogens with one attached hydrogen (secondary N) is 2. The summed E-state index contributed by atoms with van der Waals surface area (Å²) < 4.78 is 25.8. The molecule has 2 N–H and O–H groups in total. The van der Waals surface area contributed by atoms with Crippen LogP contribution in [0.3, 0.4) is 0 Å². The van der Waals surface area contributed by atoms with Crippen LogP contribution in [0.2, 0.25) is 0 Å². The molecule has 0 aromatic heterocycles. The molecule has 0 saturated carbocycles. The Morgan fingerprint density at radius 2 is 2.32 bits per heavy atom. The first-order valence-electron chi connectivity index (χ1n) is 6.56. The van der Waals surface area contributed by atoms with E-state index in [0.717, 1.165) is 24.9 Å². The molecule has 0 bridgehead atoms.